The number of allylic oxidation sites excluding steroid dienone is 4. The molecule has 0 heterocycles. The van der Waals surface area contributed by atoms with Gasteiger partial charge in [-0.15, -0.1) is 0 Å². The number of halogens is 3. The molecule has 2 aromatic rings. The van der Waals surface area contributed by atoms with Crippen molar-refractivity contribution < 1.29 is 18.3 Å². The summed E-state index contributed by atoms with van der Waals surface area (Å²) in [5.41, 5.74) is 5.95. The van der Waals surface area contributed by atoms with Gasteiger partial charge in [-0.1, -0.05) is 42.0 Å². The zero-order valence-corrected chi connectivity index (χ0v) is 15.7. The zero-order chi connectivity index (χ0) is 19.8. The number of hydrogen-bond acceptors (Lipinski definition) is 1. The molecule has 142 valence electrons. The quantitative estimate of drug-likeness (QED) is 0.656. The maximum Gasteiger partial charge on any atom is 0.416 e. The molecule has 0 amide bonds. The topological polar surface area (TPSA) is 20.2 Å². The van der Waals surface area contributed by atoms with Crippen molar-refractivity contribution >= 4 is 11.1 Å². The van der Waals surface area contributed by atoms with Crippen molar-refractivity contribution in [1.82, 2.24) is 0 Å². The Morgan fingerprint density at radius 1 is 1.04 bits per heavy atom. The molecule has 0 fully saturated rings. The fourth-order valence-corrected chi connectivity index (χ4v) is 4.06. The van der Waals surface area contributed by atoms with E-state index in [1.165, 1.54) is 12.1 Å². The Bertz CT molecular complexity index is 915. The van der Waals surface area contributed by atoms with Crippen LogP contribution in [-0.4, -0.2) is 11.7 Å². The second-order valence-corrected chi connectivity index (χ2v) is 7.14. The van der Waals surface area contributed by atoms with Gasteiger partial charge in [0.15, 0.2) is 0 Å². The molecule has 0 spiro atoms. The minimum absolute atomic E-state index is 0.0186. The molecule has 0 radical (unpaired) electrons. The summed E-state index contributed by atoms with van der Waals surface area (Å²) in [7, 11) is 0. The lowest BCUT2D eigenvalue weighted by atomic mass is 9.71. The van der Waals surface area contributed by atoms with Crippen LogP contribution in [0.4, 0.5) is 13.2 Å². The summed E-state index contributed by atoms with van der Waals surface area (Å²) in [6.45, 7) is 5.94. The fourth-order valence-electron chi connectivity index (χ4n) is 4.06. The maximum atomic E-state index is 13.3. The Balaban J connectivity index is 2.31. The van der Waals surface area contributed by atoms with Gasteiger partial charge >= 0.3 is 6.18 Å². The third kappa shape index (κ3) is 3.59. The standard InChI is InChI=1S/C23H23F3O/c1-14(2)21-20(11-12-27)19-10-5-4-9-18(19)15(3)22(21)16-7-6-8-17(13-16)23(24,25)26/h4-10,13,20,27H,11-12H2,1-3H3. The fraction of sp³-hybridized carbons (Fsp3) is 0.304. The molecule has 4 heteroatoms. The van der Waals surface area contributed by atoms with Gasteiger partial charge in [0.25, 0.3) is 0 Å². The van der Waals surface area contributed by atoms with Crippen LogP contribution in [0.25, 0.3) is 11.1 Å². The van der Waals surface area contributed by atoms with Crippen LogP contribution in [0, 0.1) is 0 Å². The molecule has 1 nitrogen and oxygen atoms in total. The van der Waals surface area contributed by atoms with E-state index in [1.807, 2.05) is 45.0 Å². The van der Waals surface area contributed by atoms with E-state index in [0.717, 1.165) is 39.5 Å². The lowest BCUT2D eigenvalue weighted by molar-refractivity contribution is -0.137. The predicted molar refractivity (Wildman–Crippen MR) is 103 cm³/mol. The third-order valence-corrected chi connectivity index (χ3v) is 5.17. The van der Waals surface area contributed by atoms with E-state index in [4.69, 9.17) is 0 Å². The van der Waals surface area contributed by atoms with Crippen LogP contribution in [0.15, 0.2) is 59.7 Å². The molecule has 1 unspecified atom stereocenters. The summed E-state index contributed by atoms with van der Waals surface area (Å²) in [6.07, 6.45) is -3.85. The number of hydrogen-bond donors (Lipinski definition) is 1. The highest BCUT2D eigenvalue weighted by Crippen LogP contribution is 2.49. The van der Waals surface area contributed by atoms with E-state index in [0.29, 0.717) is 12.0 Å². The van der Waals surface area contributed by atoms with Gasteiger partial charge < -0.3 is 5.11 Å². The maximum absolute atomic E-state index is 13.3. The van der Waals surface area contributed by atoms with Crippen molar-refractivity contribution in [3.05, 3.63) is 81.9 Å². The Morgan fingerprint density at radius 3 is 2.37 bits per heavy atom. The first kappa shape index (κ1) is 19.4. The first-order valence-corrected chi connectivity index (χ1v) is 9.02. The normalized spacial score (nSPS) is 17.1. The van der Waals surface area contributed by atoms with Crippen molar-refractivity contribution in [3.8, 4) is 0 Å². The highest BCUT2D eigenvalue weighted by Gasteiger charge is 2.33. The number of aliphatic hydroxyl groups is 1. The Hall–Kier alpha value is -2.33. The van der Waals surface area contributed by atoms with Crippen molar-refractivity contribution in [3.63, 3.8) is 0 Å². The lowest BCUT2D eigenvalue weighted by Crippen LogP contribution is -2.16. The van der Waals surface area contributed by atoms with Crippen LogP contribution in [0.2, 0.25) is 0 Å². The largest absolute Gasteiger partial charge is 0.416 e. The monoisotopic (exact) mass is 372 g/mol. The van der Waals surface area contributed by atoms with Crippen LogP contribution < -0.4 is 0 Å². The van der Waals surface area contributed by atoms with Gasteiger partial charge in [-0.2, -0.15) is 13.2 Å². The summed E-state index contributed by atoms with van der Waals surface area (Å²) in [5, 5.41) is 9.63. The summed E-state index contributed by atoms with van der Waals surface area (Å²) < 4.78 is 39.8. The predicted octanol–water partition coefficient (Wildman–Crippen LogP) is 6.45. The summed E-state index contributed by atoms with van der Waals surface area (Å²) >= 11 is 0. The molecule has 1 aliphatic carbocycles. The average molecular weight is 372 g/mol. The molecule has 1 atom stereocenters. The molecule has 1 aliphatic rings. The minimum atomic E-state index is -4.38. The Kier molecular flexibility index (Phi) is 5.29. The van der Waals surface area contributed by atoms with Crippen molar-refractivity contribution in [2.75, 3.05) is 6.61 Å². The minimum Gasteiger partial charge on any atom is -0.396 e. The second-order valence-electron chi connectivity index (χ2n) is 7.14. The molecule has 0 bridgehead atoms. The van der Waals surface area contributed by atoms with Crippen molar-refractivity contribution in [1.29, 1.82) is 0 Å². The van der Waals surface area contributed by atoms with Gasteiger partial charge in [-0.25, -0.2) is 0 Å². The molecule has 0 aliphatic heterocycles. The van der Waals surface area contributed by atoms with Crippen LogP contribution in [-0.2, 0) is 6.18 Å². The van der Waals surface area contributed by atoms with E-state index < -0.39 is 11.7 Å². The summed E-state index contributed by atoms with van der Waals surface area (Å²) in [6, 6.07) is 13.5. The van der Waals surface area contributed by atoms with E-state index in [-0.39, 0.29) is 12.5 Å². The summed E-state index contributed by atoms with van der Waals surface area (Å²) in [5.74, 6) is -0.0376. The molecule has 27 heavy (non-hydrogen) atoms. The van der Waals surface area contributed by atoms with Crippen LogP contribution in [0.5, 0.6) is 0 Å². The number of benzene rings is 2. The molecule has 0 saturated carbocycles. The zero-order valence-electron chi connectivity index (χ0n) is 15.7. The number of aliphatic hydroxyl groups excluding tert-OH is 1. The third-order valence-electron chi connectivity index (χ3n) is 5.17. The van der Waals surface area contributed by atoms with Gasteiger partial charge in [-0.3, -0.25) is 0 Å². The van der Waals surface area contributed by atoms with Crippen LogP contribution in [0.3, 0.4) is 0 Å². The SMILES string of the molecule is CC(C)=C1C(c2cccc(C(F)(F)F)c2)=C(C)c2ccccc2C1CCO. The second kappa shape index (κ2) is 7.35. The molecule has 1 N–H and O–H groups in total. The summed E-state index contributed by atoms with van der Waals surface area (Å²) in [4.78, 5) is 0. The van der Waals surface area contributed by atoms with Crippen molar-refractivity contribution in [2.24, 2.45) is 0 Å². The van der Waals surface area contributed by atoms with Gasteiger partial charge in [-0.05, 0) is 72.7 Å². The smallest absolute Gasteiger partial charge is 0.396 e. The Morgan fingerprint density at radius 2 is 1.74 bits per heavy atom. The molecular weight excluding hydrogens is 349 g/mol. The molecule has 0 aromatic heterocycles. The molecule has 3 rings (SSSR count). The Labute approximate surface area is 157 Å². The van der Waals surface area contributed by atoms with Gasteiger partial charge in [0, 0.05) is 12.5 Å². The molecule has 0 saturated heterocycles. The van der Waals surface area contributed by atoms with Gasteiger partial charge in [0.1, 0.15) is 0 Å². The van der Waals surface area contributed by atoms with E-state index in [9.17, 15) is 18.3 Å². The number of fused-ring (bicyclic) bond motifs is 1. The lowest BCUT2D eigenvalue weighted by Gasteiger charge is -2.33. The van der Waals surface area contributed by atoms with E-state index in [1.54, 1.807) is 6.07 Å². The van der Waals surface area contributed by atoms with Crippen LogP contribution in [0.1, 0.15) is 55.4 Å². The highest BCUT2D eigenvalue weighted by molar-refractivity contribution is 6.01. The van der Waals surface area contributed by atoms with Crippen molar-refractivity contribution in [2.45, 2.75) is 39.3 Å². The van der Waals surface area contributed by atoms with Gasteiger partial charge in [0.2, 0.25) is 0 Å². The average Bonchev–Trinajstić information content (AvgIpc) is 2.63. The number of alkyl halides is 3. The number of rotatable bonds is 3. The molecule has 2 aromatic carbocycles. The highest BCUT2D eigenvalue weighted by atomic mass is 19.4. The van der Waals surface area contributed by atoms with E-state index in [2.05, 4.69) is 0 Å². The van der Waals surface area contributed by atoms with E-state index >= 15 is 0 Å². The first-order chi connectivity index (χ1) is 12.8. The molecular formula is C23H23F3O. The van der Waals surface area contributed by atoms with Crippen LogP contribution >= 0.6 is 0 Å². The first-order valence-electron chi connectivity index (χ1n) is 9.02. The van der Waals surface area contributed by atoms with Gasteiger partial charge in [0.05, 0.1) is 5.56 Å².